The molecule has 0 fully saturated rings. The predicted molar refractivity (Wildman–Crippen MR) is 25.5 cm³/mol. The van der Waals surface area contributed by atoms with Crippen LogP contribution >= 0.6 is 0 Å². The van der Waals surface area contributed by atoms with Gasteiger partial charge >= 0.3 is 42.6 Å². The summed E-state index contributed by atoms with van der Waals surface area (Å²) in [6.45, 7) is 2.21. The van der Waals surface area contributed by atoms with Crippen molar-refractivity contribution in [1.29, 1.82) is 0 Å². The Morgan fingerprint density at radius 1 is 1.60 bits per heavy atom. The van der Waals surface area contributed by atoms with Crippen LogP contribution < -0.4 is 0 Å². The van der Waals surface area contributed by atoms with Crippen LogP contribution in [0.3, 0.4) is 0 Å². The van der Waals surface area contributed by atoms with Gasteiger partial charge < -0.3 is 0 Å². The van der Waals surface area contributed by atoms with E-state index in [0.29, 0.717) is 0 Å². The Kier molecular flexibility index (Phi) is 5.15. The zero-order valence-electron chi connectivity index (χ0n) is 4.12. The molecule has 0 aromatic rings. The molecule has 0 aliphatic carbocycles. The van der Waals surface area contributed by atoms with E-state index >= 15 is 0 Å². The molecule has 0 aliphatic rings. The van der Waals surface area contributed by atoms with E-state index in [9.17, 15) is 0 Å². The fraction of sp³-hybridized carbons (Fsp3) is 1.00. The molecular formula is C4H9Li. The van der Waals surface area contributed by atoms with Gasteiger partial charge in [0, 0.05) is 0 Å². The first-order valence-corrected chi connectivity index (χ1v) is 2.41. The second kappa shape index (κ2) is 4.60. The molecule has 0 atom stereocenters. The van der Waals surface area contributed by atoms with Crippen LogP contribution in [0.15, 0.2) is 0 Å². The first-order valence-electron chi connectivity index (χ1n) is 2.41. The van der Waals surface area contributed by atoms with Crippen LogP contribution in [0.5, 0.6) is 0 Å². The van der Waals surface area contributed by atoms with Crippen molar-refractivity contribution in [2.75, 3.05) is 0 Å². The second-order valence-electron chi connectivity index (χ2n) is 1.35. The van der Waals surface area contributed by atoms with E-state index < -0.39 is 0 Å². The van der Waals surface area contributed by atoms with Gasteiger partial charge in [-0.15, -0.1) is 0 Å². The Morgan fingerprint density at radius 2 is 2.20 bits per heavy atom. The molecule has 0 unspecified atom stereocenters. The molecule has 0 bridgehead atoms. The molecule has 0 aliphatic heterocycles. The molecule has 0 radical (unpaired) electrons. The third kappa shape index (κ3) is 4.60. The first kappa shape index (κ1) is 5.60. The molecular weight excluding hydrogens is 67.0 g/mol. The normalized spacial score (nSPS) is 8.60. The molecule has 0 saturated heterocycles. The van der Waals surface area contributed by atoms with Gasteiger partial charge in [-0.2, -0.15) is 0 Å². The van der Waals surface area contributed by atoms with E-state index in [-0.39, 0.29) is 0 Å². The molecule has 1 heteroatoms. The molecule has 0 heterocycles. The van der Waals surface area contributed by atoms with Crippen LogP contribution in [0.4, 0.5) is 0 Å². The van der Waals surface area contributed by atoms with Crippen molar-refractivity contribution in [2.45, 2.75) is 24.9 Å². The van der Waals surface area contributed by atoms with Gasteiger partial charge in [0.25, 0.3) is 0 Å². The molecule has 0 amide bonds. The Morgan fingerprint density at radius 3 is 2.20 bits per heavy atom. The van der Waals surface area contributed by atoms with Gasteiger partial charge in [0.1, 0.15) is 0 Å². The molecule has 0 spiro atoms. The molecule has 0 rings (SSSR count). The van der Waals surface area contributed by atoms with E-state index in [1.807, 2.05) is 0 Å². The van der Waals surface area contributed by atoms with Gasteiger partial charge in [0.05, 0.1) is 0 Å². The van der Waals surface area contributed by atoms with Crippen molar-refractivity contribution in [3.8, 4) is 0 Å². The van der Waals surface area contributed by atoms with Crippen molar-refractivity contribution in [3.63, 3.8) is 0 Å². The van der Waals surface area contributed by atoms with Gasteiger partial charge in [-0.3, -0.25) is 0 Å². The van der Waals surface area contributed by atoms with Crippen LogP contribution in [0, 0.1) is 0 Å². The molecule has 5 heavy (non-hydrogen) atoms. The minimum absolute atomic E-state index is 1.34. The SMILES string of the molecule is [19Li][CH2]CCC. The third-order valence-electron chi connectivity index (χ3n) is 0.707. The Hall–Kier alpha value is 0.597. The molecule has 0 aromatic carbocycles. The number of unbranched alkanes of at least 4 members (excludes halogenated alkanes) is 1. The zero-order chi connectivity index (χ0) is 4.12. The van der Waals surface area contributed by atoms with Gasteiger partial charge in [-0.1, -0.05) is 0 Å². The molecule has 0 saturated carbocycles. The summed E-state index contributed by atoms with van der Waals surface area (Å²) in [6.07, 6.45) is 2.73. The summed E-state index contributed by atoms with van der Waals surface area (Å²) < 4.78 is 0. The first-order chi connectivity index (χ1) is 2.41. The van der Waals surface area contributed by atoms with E-state index in [1.54, 1.807) is 0 Å². The van der Waals surface area contributed by atoms with Crippen molar-refractivity contribution in [2.24, 2.45) is 0 Å². The van der Waals surface area contributed by atoms with Crippen LogP contribution in [0.25, 0.3) is 0 Å². The van der Waals surface area contributed by atoms with Gasteiger partial charge in [0.2, 0.25) is 0 Å². The Labute approximate surface area is 43.2 Å². The molecule has 26 valence electrons. The molecule has 0 aromatic heterocycles. The summed E-state index contributed by atoms with van der Waals surface area (Å²) in [7, 11) is 0. The van der Waals surface area contributed by atoms with Crippen LogP contribution in [-0.4, -0.2) is 17.7 Å². The Balaban J connectivity index is 2.19. The summed E-state index contributed by atoms with van der Waals surface area (Å²) in [5.41, 5.74) is 0. The topological polar surface area (TPSA) is 0 Å². The molecule has 0 nitrogen and oxygen atoms in total. The summed E-state index contributed by atoms with van der Waals surface area (Å²) in [6, 6.07) is 0. The maximum atomic E-state index is 2.21. The van der Waals surface area contributed by atoms with Crippen LogP contribution in [0.1, 0.15) is 19.8 Å². The maximum absolute atomic E-state index is 2.21. The second-order valence-corrected chi connectivity index (χ2v) is 1.35. The van der Waals surface area contributed by atoms with Crippen molar-refractivity contribution >= 4 is 17.7 Å². The average molecular weight is 76.1 g/mol. The van der Waals surface area contributed by atoms with E-state index in [2.05, 4.69) is 24.6 Å². The van der Waals surface area contributed by atoms with Gasteiger partial charge in [-0.25, -0.2) is 0 Å². The van der Waals surface area contributed by atoms with Crippen molar-refractivity contribution in [1.82, 2.24) is 0 Å². The standard InChI is InChI=1S/C4H9.Li/c1-3-4-2;/h1,3-4H2,2H3;/i;1+12. The minimum atomic E-state index is 1.34. The number of hydrogen-bond donors (Lipinski definition) is 0. The summed E-state index contributed by atoms with van der Waals surface area (Å²) >= 11 is 2.21. The summed E-state index contributed by atoms with van der Waals surface area (Å²) in [4.78, 5) is 0. The fourth-order valence-corrected chi connectivity index (χ4v) is 0.354. The van der Waals surface area contributed by atoms with Gasteiger partial charge in [0.15, 0.2) is 0 Å². The summed E-state index contributed by atoms with van der Waals surface area (Å²) in [5.74, 6) is 0. The zero-order valence-corrected chi connectivity index (χ0v) is 4.12. The molecule has 0 N–H and O–H groups in total. The third-order valence-corrected chi connectivity index (χ3v) is 0.707. The predicted octanol–water partition coefficient (Wildman–Crippen LogP) is 1.37. The number of rotatable bonds is 2. The fourth-order valence-electron chi connectivity index (χ4n) is 0.354. The van der Waals surface area contributed by atoms with Crippen molar-refractivity contribution < 1.29 is 0 Å². The average Bonchev–Trinajstić information content (AvgIpc) is 1.41. The summed E-state index contributed by atoms with van der Waals surface area (Å²) in [5, 5.41) is 1.34. The Bertz CT molecular complexity index is 11.1. The van der Waals surface area contributed by atoms with E-state index in [0.717, 1.165) is 0 Å². The number of hydrogen-bond acceptors (Lipinski definition) is 0. The van der Waals surface area contributed by atoms with Gasteiger partial charge in [-0.05, 0) is 0 Å². The van der Waals surface area contributed by atoms with Crippen LogP contribution in [0.2, 0.25) is 5.09 Å². The van der Waals surface area contributed by atoms with Crippen LogP contribution in [-0.2, 0) is 0 Å². The quantitative estimate of drug-likeness (QED) is 0.436. The van der Waals surface area contributed by atoms with E-state index in [4.69, 9.17) is 0 Å². The monoisotopic (exact) mass is 76.1 g/mol. The van der Waals surface area contributed by atoms with Crippen molar-refractivity contribution in [3.05, 3.63) is 0 Å². The van der Waals surface area contributed by atoms with E-state index in [1.165, 1.54) is 17.9 Å².